The normalized spacial score (nSPS) is 14.3. The largest absolute Gasteiger partial charge is 0.384 e. The van der Waals surface area contributed by atoms with Gasteiger partial charge in [0.05, 0.1) is 6.54 Å². The van der Waals surface area contributed by atoms with Crippen molar-refractivity contribution < 1.29 is 0 Å². The number of hydrogen-bond donors (Lipinski definition) is 2. The highest BCUT2D eigenvalue weighted by molar-refractivity contribution is 5.95. The molecule has 0 radical (unpaired) electrons. The summed E-state index contributed by atoms with van der Waals surface area (Å²) in [4.78, 5) is 6.64. The molecular weight excluding hydrogens is 242 g/mol. The van der Waals surface area contributed by atoms with Crippen molar-refractivity contribution in [3.63, 3.8) is 0 Å². The summed E-state index contributed by atoms with van der Waals surface area (Å²) in [6, 6.07) is 3.67. The van der Waals surface area contributed by atoms with Crippen molar-refractivity contribution >= 4 is 11.7 Å². The molecular formula is C12H15N7. The smallest absolute Gasteiger partial charge is 0.152 e. The minimum Gasteiger partial charge on any atom is -0.384 e. The van der Waals surface area contributed by atoms with E-state index in [0.29, 0.717) is 12.1 Å². The third kappa shape index (κ3) is 2.14. The van der Waals surface area contributed by atoms with Crippen LogP contribution in [-0.2, 0) is 13.1 Å². The third-order valence-electron chi connectivity index (χ3n) is 3.21. The Bertz CT molecular complexity index is 631. The van der Waals surface area contributed by atoms with Crippen molar-refractivity contribution in [2.45, 2.75) is 20.0 Å². The van der Waals surface area contributed by atoms with Crippen LogP contribution >= 0.6 is 0 Å². The molecule has 7 heteroatoms. The van der Waals surface area contributed by atoms with Crippen LogP contribution < -0.4 is 10.6 Å². The summed E-state index contributed by atoms with van der Waals surface area (Å²) in [6.45, 7) is 4.27. The zero-order valence-electron chi connectivity index (χ0n) is 10.7. The predicted molar refractivity (Wildman–Crippen MR) is 71.1 cm³/mol. The number of nitrogens with zero attached hydrogens (tertiary/aromatic N) is 5. The van der Waals surface area contributed by atoms with Gasteiger partial charge in [0.15, 0.2) is 5.82 Å². The Morgan fingerprint density at radius 2 is 2.21 bits per heavy atom. The fraction of sp³-hybridized carbons (Fsp3) is 0.333. The fourth-order valence-electron chi connectivity index (χ4n) is 2.23. The molecule has 2 aromatic heterocycles. The minimum atomic E-state index is 0.0620. The van der Waals surface area contributed by atoms with E-state index in [2.05, 4.69) is 20.1 Å². The number of nitrogen functional groups attached to an aromatic ring is 1. The van der Waals surface area contributed by atoms with Crippen molar-refractivity contribution in [1.29, 1.82) is 5.41 Å². The molecule has 0 fully saturated rings. The number of nitrogens with two attached hydrogens (primary N) is 1. The van der Waals surface area contributed by atoms with Gasteiger partial charge in [-0.3, -0.25) is 5.41 Å². The zero-order chi connectivity index (χ0) is 13.4. The molecule has 0 spiro atoms. The molecule has 98 valence electrons. The maximum Gasteiger partial charge on any atom is 0.152 e. The van der Waals surface area contributed by atoms with Crippen LogP contribution in [0.25, 0.3) is 0 Å². The number of aryl methyl sites for hydroxylation is 1. The fourth-order valence-corrected chi connectivity index (χ4v) is 2.23. The Hall–Kier alpha value is -2.44. The Balaban J connectivity index is 1.93. The topological polar surface area (TPSA) is 96.7 Å². The van der Waals surface area contributed by atoms with Gasteiger partial charge in [-0.1, -0.05) is 0 Å². The van der Waals surface area contributed by atoms with E-state index in [1.54, 1.807) is 6.33 Å². The van der Waals surface area contributed by atoms with Crippen LogP contribution in [0.4, 0.5) is 5.82 Å². The summed E-state index contributed by atoms with van der Waals surface area (Å²) >= 11 is 0. The molecule has 3 heterocycles. The quantitative estimate of drug-likeness (QED) is 0.595. The van der Waals surface area contributed by atoms with Crippen molar-refractivity contribution in [3.05, 3.63) is 35.5 Å². The Morgan fingerprint density at radius 1 is 1.37 bits per heavy atom. The van der Waals surface area contributed by atoms with Gasteiger partial charge in [-0.15, -0.1) is 10.2 Å². The average Bonchev–Trinajstić information content (AvgIpc) is 2.85. The van der Waals surface area contributed by atoms with E-state index in [4.69, 9.17) is 11.1 Å². The lowest BCUT2D eigenvalue weighted by atomic mass is 10.2. The molecule has 1 aliphatic rings. The van der Waals surface area contributed by atoms with Crippen molar-refractivity contribution in [2.75, 3.05) is 11.4 Å². The van der Waals surface area contributed by atoms with Crippen LogP contribution in [0.5, 0.6) is 0 Å². The molecule has 3 rings (SSSR count). The summed E-state index contributed by atoms with van der Waals surface area (Å²) in [6.07, 6.45) is 1.75. The summed E-state index contributed by atoms with van der Waals surface area (Å²) in [5.74, 6) is 1.82. The first-order valence-corrected chi connectivity index (χ1v) is 6.08. The molecule has 0 amide bonds. The van der Waals surface area contributed by atoms with Gasteiger partial charge < -0.3 is 15.2 Å². The summed E-state index contributed by atoms with van der Waals surface area (Å²) in [7, 11) is 0. The highest BCUT2D eigenvalue weighted by atomic mass is 15.3. The standard InChI is InChI=1S/C12H15N7/c1-8-4-9(12(13)14)5-10(16-8)18-2-3-19-7-15-17-11(19)6-18/h4-5,7H,2-3,6H2,1H3,(H3,13,14). The van der Waals surface area contributed by atoms with Gasteiger partial charge in [0.1, 0.15) is 18.0 Å². The number of fused-ring (bicyclic) bond motifs is 1. The molecule has 19 heavy (non-hydrogen) atoms. The second kappa shape index (κ2) is 4.34. The van der Waals surface area contributed by atoms with E-state index >= 15 is 0 Å². The van der Waals surface area contributed by atoms with E-state index in [0.717, 1.165) is 30.4 Å². The van der Waals surface area contributed by atoms with Gasteiger partial charge in [-0.2, -0.15) is 0 Å². The van der Waals surface area contributed by atoms with Crippen LogP contribution in [0.1, 0.15) is 17.1 Å². The van der Waals surface area contributed by atoms with Crippen LogP contribution in [0, 0.1) is 12.3 Å². The molecule has 3 N–H and O–H groups in total. The summed E-state index contributed by atoms with van der Waals surface area (Å²) in [5, 5.41) is 15.5. The van der Waals surface area contributed by atoms with Gasteiger partial charge in [-0.05, 0) is 19.1 Å². The maximum atomic E-state index is 7.54. The number of anilines is 1. The highest BCUT2D eigenvalue weighted by Crippen LogP contribution is 2.19. The molecule has 0 bridgehead atoms. The van der Waals surface area contributed by atoms with Gasteiger partial charge in [-0.25, -0.2) is 4.98 Å². The SMILES string of the molecule is Cc1cc(C(=N)N)cc(N2CCn3cnnc3C2)n1. The molecule has 2 aromatic rings. The molecule has 0 aromatic carbocycles. The lowest BCUT2D eigenvalue weighted by molar-refractivity contribution is 0.556. The van der Waals surface area contributed by atoms with E-state index in [1.807, 2.05) is 23.6 Å². The maximum absolute atomic E-state index is 7.54. The molecule has 0 saturated carbocycles. The number of amidine groups is 1. The molecule has 0 atom stereocenters. The van der Waals surface area contributed by atoms with Gasteiger partial charge in [0, 0.05) is 24.3 Å². The average molecular weight is 257 g/mol. The Kier molecular flexibility index (Phi) is 2.66. The molecule has 7 nitrogen and oxygen atoms in total. The van der Waals surface area contributed by atoms with Crippen LogP contribution in [0.15, 0.2) is 18.5 Å². The Morgan fingerprint density at radius 3 is 3.00 bits per heavy atom. The number of hydrogen-bond acceptors (Lipinski definition) is 5. The molecule has 0 saturated heterocycles. The highest BCUT2D eigenvalue weighted by Gasteiger charge is 2.19. The van der Waals surface area contributed by atoms with E-state index in [9.17, 15) is 0 Å². The first kappa shape index (κ1) is 11.6. The van der Waals surface area contributed by atoms with Crippen molar-refractivity contribution in [1.82, 2.24) is 19.7 Å². The van der Waals surface area contributed by atoms with E-state index in [1.165, 1.54) is 0 Å². The number of rotatable bonds is 2. The van der Waals surface area contributed by atoms with Gasteiger partial charge in [0.2, 0.25) is 0 Å². The summed E-state index contributed by atoms with van der Waals surface area (Å²) in [5.41, 5.74) is 7.11. The number of aromatic nitrogens is 4. The second-order valence-electron chi connectivity index (χ2n) is 4.63. The third-order valence-corrected chi connectivity index (χ3v) is 3.21. The van der Waals surface area contributed by atoms with E-state index < -0.39 is 0 Å². The predicted octanol–water partition coefficient (Wildman–Crippen LogP) is 0.286. The lowest BCUT2D eigenvalue weighted by Gasteiger charge is -2.28. The molecule has 1 aliphatic heterocycles. The van der Waals surface area contributed by atoms with Crippen LogP contribution in [0.3, 0.4) is 0 Å². The van der Waals surface area contributed by atoms with Crippen LogP contribution in [0.2, 0.25) is 0 Å². The van der Waals surface area contributed by atoms with Crippen LogP contribution in [-0.4, -0.2) is 32.1 Å². The Labute approximate surface area is 110 Å². The molecule has 0 unspecified atom stereocenters. The zero-order valence-corrected chi connectivity index (χ0v) is 10.7. The summed E-state index contributed by atoms with van der Waals surface area (Å²) < 4.78 is 2.04. The number of nitrogens with one attached hydrogen (secondary N) is 1. The second-order valence-corrected chi connectivity index (χ2v) is 4.63. The first-order valence-electron chi connectivity index (χ1n) is 6.08. The number of pyridine rings is 1. The lowest BCUT2D eigenvalue weighted by Crippen LogP contribution is -2.34. The first-order chi connectivity index (χ1) is 9.13. The molecule has 0 aliphatic carbocycles. The van der Waals surface area contributed by atoms with Gasteiger partial charge in [0.25, 0.3) is 0 Å². The van der Waals surface area contributed by atoms with Crippen molar-refractivity contribution in [3.8, 4) is 0 Å². The van der Waals surface area contributed by atoms with E-state index in [-0.39, 0.29) is 5.84 Å². The minimum absolute atomic E-state index is 0.0620. The van der Waals surface area contributed by atoms with Crippen molar-refractivity contribution in [2.24, 2.45) is 5.73 Å². The monoisotopic (exact) mass is 257 g/mol. The van der Waals surface area contributed by atoms with Gasteiger partial charge >= 0.3 is 0 Å².